The van der Waals surface area contributed by atoms with Gasteiger partial charge in [0.15, 0.2) is 0 Å². The lowest BCUT2D eigenvalue weighted by atomic mass is 9.89. The summed E-state index contributed by atoms with van der Waals surface area (Å²) in [4.78, 5) is 2.52. The van der Waals surface area contributed by atoms with E-state index in [0.717, 1.165) is 31.6 Å². The zero-order chi connectivity index (χ0) is 13.1. The smallest absolute Gasteiger partial charge is 0.0742 e. The molecule has 1 aliphatic carbocycles. The summed E-state index contributed by atoms with van der Waals surface area (Å²) >= 11 is 0. The molecule has 2 fully saturated rings. The van der Waals surface area contributed by atoms with E-state index in [1.54, 1.807) is 0 Å². The third-order valence-electron chi connectivity index (χ3n) is 4.66. The molecule has 2 aliphatic rings. The molecule has 0 aromatic heterocycles. The second-order valence-corrected chi connectivity index (χ2v) is 5.72. The second-order valence-electron chi connectivity index (χ2n) is 5.72. The van der Waals surface area contributed by atoms with Crippen LogP contribution in [0.5, 0.6) is 0 Å². The van der Waals surface area contributed by atoms with Gasteiger partial charge in [-0.15, -0.1) is 0 Å². The molecule has 19 heavy (non-hydrogen) atoms. The molecule has 1 N–H and O–H groups in total. The first-order chi connectivity index (χ1) is 9.38. The Labute approximate surface area is 114 Å². The van der Waals surface area contributed by atoms with Crippen molar-refractivity contribution >= 4 is 5.71 Å². The average Bonchev–Trinajstić information content (AvgIpc) is 2.97. The molecule has 1 saturated heterocycles. The Morgan fingerprint density at radius 2 is 1.79 bits per heavy atom. The second kappa shape index (κ2) is 5.74. The lowest BCUT2D eigenvalue weighted by Gasteiger charge is -2.36. The number of piperidine rings is 1. The van der Waals surface area contributed by atoms with Crippen LogP contribution in [0.2, 0.25) is 0 Å². The van der Waals surface area contributed by atoms with Gasteiger partial charge in [-0.3, -0.25) is 4.90 Å². The van der Waals surface area contributed by atoms with Gasteiger partial charge in [0.25, 0.3) is 0 Å². The van der Waals surface area contributed by atoms with Crippen molar-refractivity contribution in [2.75, 3.05) is 13.1 Å². The van der Waals surface area contributed by atoms with Crippen LogP contribution in [0.3, 0.4) is 0 Å². The molecular weight excluding hydrogens is 236 g/mol. The summed E-state index contributed by atoms with van der Waals surface area (Å²) in [5.74, 6) is 0.702. The third-order valence-corrected chi connectivity index (χ3v) is 4.66. The van der Waals surface area contributed by atoms with E-state index in [1.165, 1.54) is 24.8 Å². The minimum Gasteiger partial charge on any atom is -0.411 e. The Hall–Kier alpha value is -1.35. The molecule has 0 bridgehead atoms. The van der Waals surface area contributed by atoms with Crippen molar-refractivity contribution in [2.45, 2.75) is 44.1 Å². The number of benzene rings is 1. The van der Waals surface area contributed by atoms with Crippen LogP contribution in [0.15, 0.2) is 35.5 Å². The standard InChI is InChI=1S/C16H22N2O/c19-17-15-7-4-8-16(15)18-11-9-14(10-12-18)13-5-2-1-3-6-13/h1-3,5-6,14,16,19H,4,7-12H2/b17-15-. The number of nitrogens with zero attached hydrogens (tertiary/aromatic N) is 2. The number of oxime groups is 1. The Morgan fingerprint density at radius 3 is 2.47 bits per heavy atom. The Bertz CT molecular complexity index is 435. The van der Waals surface area contributed by atoms with E-state index < -0.39 is 0 Å². The van der Waals surface area contributed by atoms with E-state index >= 15 is 0 Å². The van der Waals surface area contributed by atoms with Crippen LogP contribution in [-0.4, -0.2) is 35.0 Å². The normalized spacial score (nSPS) is 28.0. The Morgan fingerprint density at radius 1 is 1.05 bits per heavy atom. The first-order valence-corrected chi connectivity index (χ1v) is 7.38. The van der Waals surface area contributed by atoms with Gasteiger partial charge < -0.3 is 5.21 Å². The molecule has 0 radical (unpaired) electrons. The van der Waals surface area contributed by atoms with Gasteiger partial charge in [0, 0.05) is 0 Å². The van der Waals surface area contributed by atoms with Crippen molar-refractivity contribution in [1.82, 2.24) is 4.90 Å². The van der Waals surface area contributed by atoms with Crippen molar-refractivity contribution in [3.05, 3.63) is 35.9 Å². The minimum absolute atomic E-state index is 0.404. The molecule has 1 aromatic rings. The summed E-state index contributed by atoms with van der Waals surface area (Å²) in [5, 5.41) is 12.6. The molecule has 3 rings (SSSR count). The molecule has 1 aromatic carbocycles. The fourth-order valence-electron chi connectivity index (χ4n) is 3.59. The topological polar surface area (TPSA) is 35.8 Å². The van der Waals surface area contributed by atoms with E-state index in [9.17, 15) is 0 Å². The zero-order valence-electron chi connectivity index (χ0n) is 11.3. The van der Waals surface area contributed by atoms with Crippen LogP contribution in [-0.2, 0) is 0 Å². The van der Waals surface area contributed by atoms with Crippen LogP contribution < -0.4 is 0 Å². The number of hydrogen-bond donors (Lipinski definition) is 1. The van der Waals surface area contributed by atoms with Gasteiger partial charge in [-0.2, -0.15) is 0 Å². The summed E-state index contributed by atoms with van der Waals surface area (Å²) < 4.78 is 0. The van der Waals surface area contributed by atoms with Crippen molar-refractivity contribution in [3.63, 3.8) is 0 Å². The molecule has 0 spiro atoms. The quantitative estimate of drug-likeness (QED) is 0.653. The predicted octanol–water partition coefficient (Wildman–Crippen LogP) is 3.25. The minimum atomic E-state index is 0.404. The summed E-state index contributed by atoms with van der Waals surface area (Å²) in [6.07, 6.45) is 5.75. The number of hydrogen-bond acceptors (Lipinski definition) is 3. The van der Waals surface area contributed by atoms with Gasteiger partial charge in [0.05, 0.1) is 11.8 Å². The van der Waals surface area contributed by atoms with Crippen molar-refractivity contribution in [1.29, 1.82) is 0 Å². The van der Waals surface area contributed by atoms with Gasteiger partial charge in [-0.25, -0.2) is 0 Å². The van der Waals surface area contributed by atoms with Crippen LogP contribution in [0.1, 0.15) is 43.6 Å². The monoisotopic (exact) mass is 258 g/mol. The largest absolute Gasteiger partial charge is 0.411 e. The first-order valence-electron chi connectivity index (χ1n) is 7.38. The van der Waals surface area contributed by atoms with Crippen LogP contribution >= 0.6 is 0 Å². The van der Waals surface area contributed by atoms with Gasteiger partial charge in [0.1, 0.15) is 0 Å². The van der Waals surface area contributed by atoms with Gasteiger partial charge in [-0.05, 0) is 56.7 Å². The molecule has 1 unspecified atom stereocenters. The molecule has 1 heterocycles. The highest BCUT2D eigenvalue weighted by Crippen LogP contribution is 2.31. The maximum Gasteiger partial charge on any atom is 0.0742 e. The van der Waals surface area contributed by atoms with E-state index in [4.69, 9.17) is 5.21 Å². The fourth-order valence-corrected chi connectivity index (χ4v) is 3.59. The predicted molar refractivity (Wildman–Crippen MR) is 76.9 cm³/mol. The highest BCUT2D eigenvalue weighted by Gasteiger charge is 2.31. The number of rotatable bonds is 2. The van der Waals surface area contributed by atoms with Gasteiger partial charge in [-0.1, -0.05) is 35.5 Å². The molecule has 1 aliphatic heterocycles. The molecule has 3 heteroatoms. The summed E-state index contributed by atoms with van der Waals surface area (Å²) in [6, 6.07) is 11.3. The van der Waals surface area contributed by atoms with E-state index in [0.29, 0.717) is 12.0 Å². The van der Waals surface area contributed by atoms with Crippen LogP contribution in [0, 0.1) is 0 Å². The molecular formula is C16H22N2O. The third kappa shape index (κ3) is 2.66. The first kappa shape index (κ1) is 12.7. The van der Waals surface area contributed by atoms with Crippen molar-refractivity contribution < 1.29 is 5.21 Å². The molecule has 1 atom stereocenters. The summed E-state index contributed by atoms with van der Waals surface area (Å²) in [7, 11) is 0. The zero-order valence-corrected chi connectivity index (χ0v) is 11.3. The van der Waals surface area contributed by atoms with E-state index in [1.807, 2.05) is 0 Å². The number of likely N-dealkylation sites (tertiary alicyclic amines) is 1. The summed E-state index contributed by atoms with van der Waals surface area (Å²) in [6.45, 7) is 2.26. The molecule has 3 nitrogen and oxygen atoms in total. The highest BCUT2D eigenvalue weighted by atomic mass is 16.4. The van der Waals surface area contributed by atoms with Crippen molar-refractivity contribution in [2.24, 2.45) is 5.16 Å². The molecule has 0 amide bonds. The molecule has 102 valence electrons. The Balaban J connectivity index is 1.61. The van der Waals surface area contributed by atoms with Gasteiger partial charge >= 0.3 is 0 Å². The van der Waals surface area contributed by atoms with Crippen LogP contribution in [0.4, 0.5) is 0 Å². The SMILES string of the molecule is O/N=C1/CCCC1N1CCC(c2ccccc2)CC1. The van der Waals surface area contributed by atoms with Crippen molar-refractivity contribution in [3.8, 4) is 0 Å². The lowest BCUT2D eigenvalue weighted by Crippen LogP contribution is -2.43. The summed E-state index contributed by atoms with van der Waals surface area (Å²) in [5.41, 5.74) is 2.47. The van der Waals surface area contributed by atoms with Gasteiger partial charge in [0.2, 0.25) is 0 Å². The fraction of sp³-hybridized carbons (Fsp3) is 0.562. The molecule has 1 saturated carbocycles. The highest BCUT2D eigenvalue weighted by molar-refractivity contribution is 5.90. The lowest BCUT2D eigenvalue weighted by molar-refractivity contribution is 0.183. The maximum absolute atomic E-state index is 9.06. The Kier molecular flexibility index (Phi) is 3.83. The maximum atomic E-state index is 9.06. The van der Waals surface area contributed by atoms with Crippen LogP contribution in [0.25, 0.3) is 0 Å². The average molecular weight is 258 g/mol. The van der Waals surface area contributed by atoms with E-state index in [2.05, 4.69) is 40.4 Å². The van der Waals surface area contributed by atoms with E-state index in [-0.39, 0.29) is 0 Å².